The Bertz CT molecular complexity index is 410. The van der Waals surface area contributed by atoms with Crippen molar-refractivity contribution in [3.8, 4) is 0 Å². The van der Waals surface area contributed by atoms with E-state index in [2.05, 4.69) is 5.32 Å². The van der Waals surface area contributed by atoms with E-state index in [9.17, 15) is 4.79 Å². The number of rotatable bonds is 6. The maximum absolute atomic E-state index is 11.6. The molecule has 100 valence electrons. The fourth-order valence-corrected chi connectivity index (χ4v) is 1.74. The lowest BCUT2D eigenvalue weighted by molar-refractivity contribution is -0.147. The second kappa shape index (κ2) is 7.11. The number of nitrogens with one attached hydrogen (secondary N) is 1. The molecule has 0 bridgehead atoms. The number of carbonyl (C=O) groups excluding carboxylic acids is 1. The van der Waals surface area contributed by atoms with Gasteiger partial charge in [0, 0.05) is 11.6 Å². The van der Waals surface area contributed by atoms with E-state index >= 15 is 0 Å². The standard InChI is InChI=1S/C13H19ClN2O2/c1-3-9(13(17)18-4-2)8-16-12-7-10(14)5-6-11(12)15/h5-7,9,16H,3-4,8,15H2,1-2H3. The Morgan fingerprint density at radius 1 is 1.50 bits per heavy atom. The summed E-state index contributed by atoms with van der Waals surface area (Å²) in [5.41, 5.74) is 7.16. The fraction of sp³-hybridized carbons (Fsp3) is 0.462. The molecule has 0 heterocycles. The van der Waals surface area contributed by atoms with Crippen LogP contribution in [0.5, 0.6) is 0 Å². The van der Waals surface area contributed by atoms with Crippen LogP contribution in [-0.2, 0) is 9.53 Å². The van der Waals surface area contributed by atoms with Gasteiger partial charge in [0.05, 0.1) is 23.9 Å². The SMILES string of the molecule is CCOC(=O)C(CC)CNc1cc(Cl)ccc1N. The third kappa shape index (κ3) is 4.11. The minimum Gasteiger partial charge on any atom is -0.466 e. The first-order valence-electron chi connectivity index (χ1n) is 6.04. The number of nitrogens with two attached hydrogens (primary N) is 1. The van der Waals surface area contributed by atoms with Crippen molar-refractivity contribution in [2.75, 3.05) is 24.2 Å². The Morgan fingerprint density at radius 3 is 2.83 bits per heavy atom. The Labute approximate surface area is 112 Å². The molecule has 0 spiro atoms. The molecule has 3 N–H and O–H groups in total. The smallest absolute Gasteiger partial charge is 0.310 e. The number of hydrogen-bond acceptors (Lipinski definition) is 4. The van der Waals surface area contributed by atoms with Crippen molar-refractivity contribution in [2.45, 2.75) is 20.3 Å². The summed E-state index contributed by atoms with van der Waals surface area (Å²) < 4.78 is 5.00. The molecule has 4 nitrogen and oxygen atoms in total. The highest BCUT2D eigenvalue weighted by atomic mass is 35.5. The van der Waals surface area contributed by atoms with Crippen LogP contribution in [0.4, 0.5) is 11.4 Å². The van der Waals surface area contributed by atoms with Crippen LogP contribution in [0.1, 0.15) is 20.3 Å². The monoisotopic (exact) mass is 270 g/mol. The summed E-state index contributed by atoms with van der Waals surface area (Å²) in [5.74, 6) is -0.364. The molecular weight excluding hydrogens is 252 g/mol. The van der Waals surface area contributed by atoms with Crippen molar-refractivity contribution in [1.82, 2.24) is 0 Å². The number of nitrogen functional groups attached to an aromatic ring is 1. The molecule has 18 heavy (non-hydrogen) atoms. The normalized spacial score (nSPS) is 11.9. The molecule has 1 atom stereocenters. The first kappa shape index (κ1) is 14.6. The van der Waals surface area contributed by atoms with Crippen molar-refractivity contribution in [3.63, 3.8) is 0 Å². The molecule has 1 aromatic carbocycles. The molecule has 0 fully saturated rings. The number of hydrogen-bond donors (Lipinski definition) is 2. The number of halogens is 1. The molecule has 1 rings (SSSR count). The van der Waals surface area contributed by atoms with Crippen LogP contribution in [0.25, 0.3) is 0 Å². The maximum atomic E-state index is 11.6. The zero-order valence-corrected chi connectivity index (χ0v) is 11.5. The van der Waals surface area contributed by atoms with E-state index < -0.39 is 0 Å². The van der Waals surface area contributed by atoms with Gasteiger partial charge < -0.3 is 15.8 Å². The Morgan fingerprint density at radius 2 is 2.22 bits per heavy atom. The number of carbonyl (C=O) groups is 1. The third-order valence-corrected chi connectivity index (χ3v) is 2.90. The molecule has 0 aromatic heterocycles. The van der Waals surface area contributed by atoms with Crippen molar-refractivity contribution in [3.05, 3.63) is 23.2 Å². The summed E-state index contributed by atoms with van der Waals surface area (Å²) in [4.78, 5) is 11.6. The van der Waals surface area contributed by atoms with Crippen LogP contribution < -0.4 is 11.1 Å². The van der Waals surface area contributed by atoms with E-state index in [-0.39, 0.29) is 11.9 Å². The second-order valence-corrected chi connectivity index (χ2v) is 4.41. The van der Waals surface area contributed by atoms with Gasteiger partial charge in [-0.3, -0.25) is 4.79 Å². The van der Waals surface area contributed by atoms with Gasteiger partial charge in [0.1, 0.15) is 0 Å². The molecule has 0 saturated carbocycles. The Kier molecular flexibility index (Phi) is 5.78. The van der Waals surface area contributed by atoms with Crippen LogP contribution in [0.3, 0.4) is 0 Å². The fourth-order valence-electron chi connectivity index (χ4n) is 1.57. The zero-order valence-electron chi connectivity index (χ0n) is 10.7. The lowest BCUT2D eigenvalue weighted by atomic mass is 10.1. The van der Waals surface area contributed by atoms with Crippen LogP contribution in [0.2, 0.25) is 5.02 Å². The van der Waals surface area contributed by atoms with Crippen molar-refractivity contribution in [1.29, 1.82) is 0 Å². The highest BCUT2D eigenvalue weighted by Crippen LogP contribution is 2.23. The van der Waals surface area contributed by atoms with Crippen molar-refractivity contribution < 1.29 is 9.53 Å². The van der Waals surface area contributed by atoms with Gasteiger partial charge in [-0.15, -0.1) is 0 Å². The van der Waals surface area contributed by atoms with Gasteiger partial charge in [-0.05, 0) is 31.5 Å². The van der Waals surface area contributed by atoms with Gasteiger partial charge in [0.15, 0.2) is 0 Å². The van der Waals surface area contributed by atoms with Gasteiger partial charge in [0.25, 0.3) is 0 Å². The van der Waals surface area contributed by atoms with E-state index in [0.29, 0.717) is 30.3 Å². The molecule has 1 unspecified atom stereocenters. The van der Waals surface area contributed by atoms with E-state index in [1.807, 2.05) is 6.92 Å². The highest BCUT2D eigenvalue weighted by Gasteiger charge is 2.17. The summed E-state index contributed by atoms with van der Waals surface area (Å²) in [7, 11) is 0. The first-order valence-corrected chi connectivity index (χ1v) is 6.41. The molecule has 5 heteroatoms. The molecule has 0 radical (unpaired) electrons. The van der Waals surface area contributed by atoms with Gasteiger partial charge in [0.2, 0.25) is 0 Å². The van der Waals surface area contributed by atoms with Gasteiger partial charge in [-0.1, -0.05) is 18.5 Å². The van der Waals surface area contributed by atoms with Gasteiger partial charge in [-0.25, -0.2) is 0 Å². The zero-order chi connectivity index (χ0) is 13.5. The molecule has 0 saturated heterocycles. The summed E-state index contributed by atoms with van der Waals surface area (Å²) in [6.07, 6.45) is 0.715. The van der Waals surface area contributed by atoms with Crippen molar-refractivity contribution >= 4 is 28.9 Å². The largest absolute Gasteiger partial charge is 0.466 e. The van der Waals surface area contributed by atoms with Crippen molar-refractivity contribution in [2.24, 2.45) is 5.92 Å². The van der Waals surface area contributed by atoms with Gasteiger partial charge in [-0.2, -0.15) is 0 Å². The van der Waals surface area contributed by atoms with E-state index in [0.717, 1.165) is 5.69 Å². The Balaban J connectivity index is 2.62. The van der Waals surface area contributed by atoms with Crippen LogP contribution in [-0.4, -0.2) is 19.1 Å². The van der Waals surface area contributed by atoms with Crippen LogP contribution in [0.15, 0.2) is 18.2 Å². The summed E-state index contributed by atoms with van der Waals surface area (Å²) in [5, 5.41) is 3.74. The summed E-state index contributed by atoms with van der Waals surface area (Å²) in [6, 6.07) is 5.20. The molecule has 0 amide bonds. The van der Waals surface area contributed by atoms with E-state index in [1.54, 1.807) is 25.1 Å². The molecule has 0 aliphatic rings. The number of esters is 1. The predicted octanol–water partition coefficient (Wildman–Crippen LogP) is 2.92. The van der Waals surface area contributed by atoms with Crippen LogP contribution in [0, 0.1) is 5.92 Å². The number of ether oxygens (including phenoxy) is 1. The minimum absolute atomic E-state index is 0.177. The minimum atomic E-state index is -0.187. The van der Waals surface area contributed by atoms with E-state index in [1.165, 1.54) is 0 Å². The van der Waals surface area contributed by atoms with Crippen LogP contribution >= 0.6 is 11.6 Å². The summed E-state index contributed by atoms with van der Waals surface area (Å²) >= 11 is 5.89. The number of anilines is 2. The topological polar surface area (TPSA) is 64.3 Å². The van der Waals surface area contributed by atoms with Gasteiger partial charge >= 0.3 is 5.97 Å². The molecule has 0 aliphatic carbocycles. The Hall–Kier alpha value is -1.42. The highest BCUT2D eigenvalue weighted by molar-refractivity contribution is 6.31. The first-order chi connectivity index (χ1) is 8.58. The molecular formula is C13H19ClN2O2. The second-order valence-electron chi connectivity index (χ2n) is 3.97. The predicted molar refractivity (Wildman–Crippen MR) is 74.8 cm³/mol. The lowest BCUT2D eigenvalue weighted by Crippen LogP contribution is -2.25. The average Bonchev–Trinajstić information content (AvgIpc) is 2.34. The average molecular weight is 271 g/mol. The number of benzene rings is 1. The molecule has 1 aromatic rings. The van der Waals surface area contributed by atoms with E-state index in [4.69, 9.17) is 22.1 Å². The molecule has 0 aliphatic heterocycles. The lowest BCUT2D eigenvalue weighted by Gasteiger charge is -2.16. The third-order valence-electron chi connectivity index (χ3n) is 2.67. The maximum Gasteiger partial charge on any atom is 0.310 e. The quantitative estimate of drug-likeness (QED) is 0.616. The summed E-state index contributed by atoms with van der Waals surface area (Å²) in [6.45, 7) is 4.63.